The molecule has 0 aromatic heterocycles. The van der Waals surface area contributed by atoms with Crippen molar-refractivity contribution in [2.24, 2.45) is 0 Å². The van der Waals surface area contributed by atoms with Crippen LogP contribution in [0, 0.1) is 6.92 Å². The van der Waals surface area contributed by atoms with Gasteiger partial charge in [0.1, 0.15) is 6.10 Å². The normalized spacial score (nSPS) is 29.9. The quantitative estimate of drug-likeness (QED) is 0.849. The van der Waals surface area contributed by atoms with Crippen LogP contribution in [-0.4, -0.2) is 47.3 Å². The largest absolute Gasteiger partial charge is 0.388 e. The molecule has 1 spiro atoms. The van der Waals surface area contributed by atoms with Gasteiger partial charge in [0.25, 0.3) is 5.91 Å². The molecule has 2 saturated heterocycles. The van der Waals surface area contributed by atoms with Gasteiger partial charge in [-0.2, -0.15) is 0 Å². The third kappa shape index (κ3) is 2.23. The van der Waals surface area contributed by atoms with Crippen LogP contribution in [0.2, 0.25) is 0 Å². The zero-order chi connectivity index (χ0) is 14.2. The predicted molar refractivity (Wildman–Crippen MR) is 75.6 cm³/mol. The van der Waals surface area contributed by atoms with Gasteiger partial charge in [-0.1, -0.05) is 18.2 Å². The average molecular weight is 275 g/mol. The van der Waals surface area contributed by atoms with Crippen molar-refractivity contribution in [2.75, 3.05) is 19.7 Å². The molecule has 20 heavy (non-hydrogen) atoms. The first-order chi connectivity index (χ1) is 9.62. The minimum atomic E-state index is -0.577. The number of nitrogens with zero attached hydrogens (tertiary/aromatic N) is 1. The number of carbonyl (C=O) groups is 1. The Hall–Kier alpha value is -1.39. The summed E-state index contributed by atoms with van der Waals surface area (Å²) in [5.41, 5.74) is 1.30. The third-order valence-corrected chi connectivity index (χ3v) is 4.60. The number of likely N-dealkylation sites (tertiary alicyclic amines) is 1. The molecular weight excluding hydrogens is 254 g/mol. The summed E-state index contributed by atoms with van der Waals surface area (Å²) >= 11 is 0. The van der Waals surface area contributed by atoms with Gasteiger partial charge < -0.3 is 14.7 Å². The van der Waals surface area contributed by atoms with E-state index in [2.05, 4.69) is 0 Å². The van der Waals surface area contributed by atoms with Gasteiger partial charge in [-0.15, -0.1) is 0 Å². The minimum Gasteiger partial charge on any atom is -0.388 e. The molecule has 0 bridgehead atoms. The van der Waals surface area contributed by atoms with E-state index >= 15 is 0 Å². The zero-order valence-electron chi connectivity index (χ0n) is 11.8. The van der Waals surface area contributed by atoms with Crippen LogP contribution in [0.3, 0.4) is 0 Å². The topological polar surface area (TPSA) is 49.8 Å². The van der Waals surface area contributed by atoms with Crippen molar-refractivity contribution in [1.29, 1.82) is 0 Å². The Morgan fingerprint density at radius 2 is 2.20 bits per heavy atom. The van der Waals surface area contributed by atoms with Crippen molar-refractivity contribution < 1.29 is 14.6 Å². The van der Waals surface area contributed by atoms with Gasteiger partial charge in [-0.3, -0.25) is 4.79 Å². The number of aliphatic hydroxyl groups excluding tert-OH is 1. The lowest BCUT2D eigenvalue weighted by Gasteiger charge is -2.42. The number of aliphatic hydroxyl groups is 1. The van der Waals surface area contributed by atoms with E-state index in [0.717, 1.165) is 37.0 Å². The van der Waals surface area contributed by atoms with Crippen LogP contribution in [0.15, 0.2) is 24.3 Å². The van der Waals surface area contributed by atoms with Gasteiger partial charge in [-0.05, 0) is 37.8 Å². The molecule has 2 heterocycles. The molecule has 0 saturated carbocycles. The molecule has 4 heteroatoms. The Morgan fingerprint density at radius 3 is 2.85 bits per heavy atom. The highest BCUT2D eigenvalue weighted by atomic mass is 16.5. The van der Waals surface area contributed by atoms with E-state index in [1.807, 2.05) is 31.2 Å². The highest BCUT2D eigenvalue weighted by molar-refractivity contribution is 5.95. The number of hydrogen-bond acceptors (Lipinski definition) is 3. The molecular formula is C16H21NO3. The number of aryl methyl sites for hydroxylation is 1. The first-order valence-corrected chi connectivity index (χ1v) is 7.29. The summed E-state index contributed by atoms with van der Waals surface area (Å²) in [6, 6.07) is 7.59. The molecule has 1 amide bonds. The lowest BCUT2D eigenvalue weighted by molar-refractivity contribution is -0.122. The van der Waals surface area contributed by atoms with Crippen LogP contribution in [0.25, 0.3) is 0 Å². The SMILES string of the molecule is Cc1ccccc1C(=O)N1CC[C@@]2(CCCO2)[C@@H](O)C1. The molecule has 2 aliphatic heterocycles. The maximum Gasteiger partial charge on any atom is 0.254 e. The number of hydrogen-bond donors (Lipinski definition) is 1. The molecule has 1 N–H and O–H groups in total. The van der Waals surface area contributed by atoms with E-state index in [9.17, 15) is 9.90 Å². The molecule has 0 aliphatic carbocycles. The fourth-order valence-electron chi connectivity index (χ4n) is 3.30. The summed E-state index contributed by atoms with van der Waals surface area (Å²) in [5.74, 6) is 0.00926. The minimum absolute atomic E-state index is 0.00926. The Bertz CT molecular complexity index is 508. The number of rotatable bonds is 1. The molecule has 2 fully saturated rings. The Morgan fingerprint density at radius 1 is 1.40 bits per heavy atom. The average Bonchev–Trinajstić information content (AvgIpc) is 2.92. The van der Waals surface area contributed by atoms with E-state index in [1.54, 1.807) is 4.90 Å². The summed E-state index contributed by atoms with van der Waals surface area (Å²) < 4.78 is 5.76. The highest BCUT2D eigenvalue weighted by Gasteiger charge is 2.46. The molecule has 2 atom stereocenters. The molecule has 2 aliphatic rings. The second-order valence-corrected chi connectivity index (χ2v) is 5.85. The number of benzene rings is 1. The Kier molecular flexibility index (Phi) is 3.52. The van der Waals surface area contributed by atoms with Gasteiger partial charge in [0, 0.05) is 25.3 Å². The van der Waals surface area contributed by atoms with Crippen LogP contribution in [-0.2, 0) is 4.74 Å². The van der Waals surface area contributed by atoms with E-state index < -0.39 is 11.7 Å². The highest BCUT2D eigenvalue weighted by Crippen LogP contribution is 2.36. The Labute approximate surface area is 119 Å². The van der Waals surface area contributed by atoms with E-state index in [-0.39, 0.29) is 5.91 Å². The maximum atomic E-state index is 12.5. The molecule has 4 nitrogen and oxygen atoms in total. The van der Waals surface area contributed by atoms with Crippen LogP contribution in [0.4, 0.5) is 0 Å². The summed E-state index contributed by atoms with van der Waals surface area (Å²) in [6.45, 7) is 3.69. The maximum absolute atomic E-state index is 12.5. The van der Waals surface area contributed by atoms with Crippen LogP contribution >= 0.6 is 0 Å². The second kappa shape index (κ2) is 5.19. The molecule has 0 unspecified atom stereocenters. The zero-order valence-corrected chi connectivity index (χ0v) is 11.8. The number of piperidine rings is 1. The molecule has 0 radical (unpaired) electrons. The van der Waals surface area contributed by atoms with Gasteiger partial charge in [0.15, 0.2) is 0 Å². The van der Waals surface area contributed by atoms with Crippen LogP contribution in [0.5, 0.6) is 0 Å². The standard InChI is InChI=1S/C16H21NO3/c1-12-5-2-3-6-13(12)15(19)17-9-8-16(14(18)11-17)7-4-10-20-16/h2-3,5-6,14,18H,4,7-11H2,1H3/t14-,16-/m0/s1. The van der Waals surface area contributed by atoms with Crippen molar-refractivity contribution in [3.8, 4) is 0 Å². The first kappa shape index (κ1) is 13.6. The predicted octanol–water partition coefficient (Wildman–Crippen LogP) is 1.75. The second-order valence-electron chi connectivity index (χ2n) is 5.85. The van der Waals surface area contributed by atoms with E-state index in [4.69, 9.17) is 4.74 Å². The van der Waals surface area contributed by atoms with E-state index in [1.165, 1.54) is 0 Å². The molecule has 1 aromatic rings. The number of carbonyl (C=O) groups excluding carboxylic acids is 1. The Balaban J connectivity index is 1.74. The van der Waals surface area contributed by atoms with E-state index in [0.29, 0.717) is 13.1 Å². The van der Waals surface area contributed by atoms with Gasteiger partial charge in [0.05, 0.1) is 5.60 Å². The van der Waals surface area contributed by atoms with Gasteiger partial charge in [-0.25, -0.2) is 0 Å². The van der Waals surface area contributed by atoms with Gasteiger partial charge in [0.2, 0.25) is 0 Å². The summed E-state index contributed by atoms with van der Waals surface area (Å²) in [5, 5.41) is 10.4. The lowest BCUT2D eigenvalue weighted by atomic mass is 9.85. The monoisotopic (exact) mass is 275 g/mol. The van der Waals surface area contributed by atoms with Crippen molar-refractivity contribution in [1.82, 2.24) is 4.90 Å². The fraction of sp³-hybridized carbons (Fsp3) is 0.562. The summed E-state index contributed by atoms with van der Waals surface area (Å²) in [7, 11) is 0. The number of amides is 1. The van der Waals surface area contributed by atoms with Crippen molar-refractivity contribution in [3.63, 3.8) is 0 Å². The van der Waals surface area contributed by atoms with Crippen LogP contribution < -0.4 is 0 Å². The van der Waals surface area contributed by atoms with Crippen molar-refractivity contribution in [2.45, 2.75) is 37.9 Å². The third-order valence-electron chi connectivity index (χ3n) is 4.60. The van der Waals surface area contributed by atoms with Crippen LogP contribution in [0.1, 0.15) is 35.2 Å². The summed E-state index contributed by atoms with van der Waals surface area (Å²) in [6.07, 6.45) is 2.06. The lowest BCUT2D eigenvalue weighted by Crippen LogP contribution is -2.56. The number of β-amino-alcohol motifs (C(OH)–C–C–N with tert-alkyl or cyclic N) is 1. The smallest absolute Gasteiger partial charge is 0.254 e. The molecule has 1 aromatic carbocycles. The summed E-state index contributed by atoms with van der Waals surface area (Å²) in [4.78, 5) is 14.3. The first-order valence-electron chi connectivity index (χ1n) is 7.29. The van der Waals surface area contributed by atoms with Crippen molar-refractivity contribution in [3.05, 3.63) is 35.4 Å². The number of ether oxygens (including phenoxy) is 1. The molecule has 108 valence electrons. The fourth-order valence-corrected chi connectivity index (χ4v) is 3.30. The molecule has 3 rings (SSSR count). The van der Waals surface area contributed by atoms with Crippen molar-refractivity contribution >= 4 is 5.91 Å². The van der Waals surface area contributed by atoms with Gasteiger partial charge >= 0.3 is 0 Å².